The van der Waals surface area contributed by atoms with Crippen LogP contribution in [-0.4, -0.2) is 36.8 Å². The summed E-state index contributed by atoms with van der Waals surface area (Å²) in [5.74, 6) is -0.957. The second-order valence-electron chi connectivity index (χ2n) is 9.25. The van der Waals surface area contributed by atoms with Crippen molar-refractivity contribution in [2.45, 2.75) is 38.8 Å². The van der Waals surface area contributed by atoms with Crippen LogP contribution in [0.1, 0.15) is 49.2 Å². The van der Waals surface area contributed by atoms with Crippen molar-refractivity contribution in [1.82, 2.24) is 14.7 Å². The average Bonchev–Trinajstić information content (AvgIpc) is 3.45. The molecule has 0 bridgehead atoms. The normalized spacial score (nSPS) is 12.3. The lowest BCUT2D eigenvalue weighted by Crippen LogP contribution is -2.30. The Hall–Kier alpha value is -4.25. The number of pyridine rings is 1. The third kappa shape index (κ3) is 5.36. The molecule has 11 heteroatoms. The number of carbonyl (C=O) groups excluding carboxylic acids is 1. The summed E-state index contributed by atoms with van der Waals surface area (Å²) in [7, 11) is 0. The van der Waals surface area contributed by atoms with E-state index in [4.69, 9.17) is 4.98 Å². The Morgan fingerprint density at radius 3 is 2.61 bits per heavy atom. The van der Waals surface area contributed by atoms with Crippen LogP contribution in [0.5, 0.6) is 0 Å². The average molecular weight is 508 g/mol. The van der Waals surface area contributed by atoms with E-state index < -0.39 is 29.3 Å². The summed E-state index contributed by atoms with van der Waals surface area (Å²) in [5.41, 5.74) is 1.20. The maximum atomic E-state index is 13.4. The quantitative estimate of drug-likeness (QED) is 0.222. The molecule has 0 aliphatic carbocycles. The van der Waals surface area contributed by atoms with E-state index in [2.05, 4.69) is 10.6 Å². The van der Waals surface area contributed by atoms with Crippen LogP contribution in [-0.2, 0) is 4.79 Å². The van der Waals surface area contributed by atoms with Gasteiger partial charge in [0.05, 0.1) is 27.8 Å². The lowest BCUT2D eigenvalue weighted by Gasteiger charge is -2.22. The molecule has 3 heterocycles. The summed E-state index contributed by atoms with van der Waals surface area (Å²) in [5, 5.41) is 28.8. The lowest BCUT2D eigenvalue weighted by molar-refractivity contribution is -0.384. The highest BCUT2D eigenvalue weighted by molar-refractivity contribution is 7.13. The van der Waals surface area contributed by atoms with Gasteiger partial charge < -0.3 is 15.7 Å². The number of aliphatic carboxylic acids is 1. The number of rotatable bonds is 8. The van der Waals surface area contributed by atoms with E-state index in [1.165, 1.54) is 29.5 Å². The smallest absolute Gasteiger partial charge is 0.305 e. The number of hydrogen-bond donors (Lipinski definition) is 3. The molecule has 0 radical (unpaired) electrons. The van der Waals surface area contributed by atoms with E-state index in [1.54, 1.807) is 28.8 Å². The number of benzene rings is 1. The molecule has 4 aromatic rings. The molecule has 10 nitrogen and oxygen atoms in total. The number of fused-ring (bicyclic) bond motifs is 1. The number of anilines is 1. The number of nitro groups is 1. The number of nitrogens with zero attached hydrogens (tertiary/aromatic N) is 3. The second-order valence-corrected chi connectivity index (χ2v) is 10.2. The van der Waals surface area contributed by atoms with E-state index in [0.717, 1.165) is 10.7 Å². The fourth-order valence-corrected chi connectivity index (χ4v) is 4.54. The molecule has 3 aromatic heterocycles. The zero-order valence-corrected chi connectivity index (χ0v) is 20.7. The molecule has 0 saturated heterocycles. The van der Waals surface area contributed by atoms with Gasteiger partial charge in [-0.3, -0.25) is 24.1 Å². The van der Waals surface area contributed by atoms with Gasteiger partial charge >= 0.3 is 5.97 Å². The van der Waals surface area contributed by atoms with Crippen molar-refractivity contribution in [3.8, 4) is 10.6 Å². The largest absolute Gasteiger partial charge is 0.481 e. The van der Waals surface area contributed by atoms with Crippen molar-refractivity contribution in [2.24, 2.45) is 0 Å². The molecular weight excluding hydrogens is 482 g/mol. The Morgan fingerprint density at radius 1 is 1.19 bits per heavy atom. The number of amides is 1. The summed E-state index contributed by atoms with van der Waals surface area (Å²) in [6, 6.07) is 11.8. The Morgan fingerprint density at radius 2 is 1.97 bits per heavy atom. The van der Waals surface area contributed by atoms with Crippen molar-refractivity contribution in [2.75, 3.05) is 5.32 Å². The molecule has 3 N–H and O–H groups in total. The van der Waals surface area contributed by atoms with Crippen molar-refractivity contribution < 1.29 is 19.6 Å². The van der Waals surface area contributed by atoms with Crippen LogP contribution >= 0.6 is 11.3 Å². The van der Waals surface area contributed by atoms with E-state index >= 15 is 0 Å². The number of thiophene rings is 1. The van der Waals surface area contributed by atoms with Crippen LogP contribution in [0.3, 0.4) is 0 Å². The first-order valence-corrected chi connectivity index (χ1v) is 12.0. The zero-order chi connectivity index (χ0) is 26.0. The standard InChI is InChI=1S/C25H25N5O5S/c1-25(2,3)28-23-21(19-10-6-12-36-19)27-22-17(9-5-11-29(22)23)24(33)26-18(14-20(31)32)15-7-4-8-16(13-15)30(34)35/h4-13,18,28H,14H2,1-3H3,(H,26,33)(H,31,32). The summed E-state index contributed by atoms with van der Waals surface area (Å²) < 4.78 is 1.80. The molecule has 1 aromatic carbocycles. The monoisotopic (exact) mass is 507 g/mol. The third-order valence-corrected chi connectivity index (χ3v) is 6.19. The molecule has 1 atom stereocenters. The number of carboxylic acids is 1. The molecule has 0 fully saturated rings. The highest BCUT2D eigenvalue weighted by atomic mass is 32.1. The topological polar surface area (TPSA) is 139 Å². The van der Waals surface area contributed by atoms with Crippen LogP contribution in [0, 0.1) is 10.1 Å². The van der Waals surface area contributed by atoms with Crippen LogP contribution in [0.2, 0.25) is 0 Å². The van der Waals surface area contributed by atoms with E-state index in [1.807, 2.05) is 38.3 Å². The SMILES string of the molecule is CC(C)(C)Nc1c(-c2cccs2)nc2c(C(=O)NC(CC(=O)O)c3cccc([N+](=O)[O-])c3)cccn12. The Bertz CT molecular complexity index is 1440. The number of carbonyl (C=O) groups is 2. The van der Waals surface area contributed by atoms with Gasteiger partial charge in [-0.1, -0.05) is 18.2 Å². The molecule has 0 aliphatic heterocycles. The second kappa shape index (κ2) is 9.78. The Labute approximate surface area is 210 Å². The number of hydrogen-bond acceptors (Lipinski definition) is 7. The fraction of sp³-hybridized carbons (Fsp3) is 0.240. The van der Waals surface area contributed by atoms with Crippen LogP contribution < -0.4 is 10.6 Å². The van der Waals surface area contributed by atoms with E-state index in [9.17, 15) is 24.8 Å². The van der Waals surface area contributed by atoms with Crippen molar-refractivity contribution in [3.05, 3.63) is 81.3 Å². The maximum Gasteiger partial charge on any atom is 0.305 e. The zero-order valence-electron chi connectivity index (χ0n) is 19.9. The molecule has 0 spiro atoms. The van der Waals surface area contributed by atoms with Crippen LogP contribution in [0.4, 0.5) is 11.5 Å². The predicted octanol–water partition coefficient (Wildman–Crippen LogP) is 5.13. The van der Waals surface area contributed by atoms with Gasteiger partial charge in [-0.25, -0.2) is 4.98 Å². The molecule has 1 unspecified atom stereocenters. The number of non-ortho nitro benzene ring substituents is 1. The molecular formula is C25H25N5O5S. The van der Waals surface area contributed by atoms with E-state index in [-0.39, 0.29) is 16.8 Å². The first-order chi connectivity index (χ1) is 17.0. The molecule has 1 amide bonds. The van der Waals surface area contributed by atoms with Crippen molar-refractivity contribution in [3.63, 3.8) is 0 Å². The van der Waals surface area contributed by atoms with Gasteiger partial charge in [0.1, 0.15) is 11.5 Å². The molecule has 0 aliphatic rings. The molecule has 36 heavy (non-hydrogen) atoms. The minimum absolute atomic E-state index is 0.189. The summed E-state index contributed by atoms with van der Waals surface area (Å²) in [6.45, 7) is 6.07. The van der Waals surface area contributed by atoms with Gasteiger partial charge in [0, 0.05) is 23.9 Å². The summed E-state index contributed by atoms with van der Waals surface area (Å²) in [4.78, 5) is 41.3. The van der Waals surface area contributed by atoms with Crippen LogP contribution in [0.15, 0.2) is 60.1 Å². The highest BCUT2D eigenvalue weighted by Crippen LogP contribution is 2.34. The molecule has 0 saturated carbocycles. The minimum Gasteiger partial charge on any atom is -0.481 e. The fourth-order valence-electron chi connectivity index (χ4n) is 3.82. The molecule has 186 valence electrons. The minimum atomic E-state index is -1.15. The Kier molecular flexibility index (Phi) is 6.75. The number of imidazole rings is 1. The number of carboxylic acid groups (broad SMARTS) is 1. The van der Waals surface area contributed by atoms with Crippen molar-refractivity contribution >= 4 is 40.4 Å². The van der Waals surface area contributed by atoms with Gasteiger partial charge in [-0.2, -0.15) is 0 Å². The van der Waals surface area contributed by atoms with Gasteiger partial charge in [-0.15, -0.1) is 11.3 Å². The first kappa shape index (κ1) is 24.9. The van der Waals surface area contributed by atoms with Crippen molar-refractivity contribution in [1.29, 1.82) is 0 Å². The van der Waals surface area contributed by atoms with E-state index in [0.29, 0.717) is 16.9 Å². The van der Waals surface area contributed by atoms with Gasteiger partial charge in [-0.05, 0) is 49.9 Å². The van der Waals surface area contributed by atoms with Gasteiger partial charge in [0.2, 0.25) is 0 Å². The first-order valence-electron chi connectivity index (χ1n) is 11.1. The van der Waals surface area contributed by atoms with Crippen LogP contribution in [0.25, 0.3) is 16.2 Å². The van der Waals surface area contributed by atoms with Gasteiger partial charge in [0.15, 0.2) is 5.65 Å². The number of nitro benzene ring substituents is 1. The number of nitrogens with one attached hydrogen (secondary N) is 2. The maximum absolute atomic E-state index is 13.4. The lowest BCUT2D eigenvalue weighted by atomic mass is 10.0. The third-order valence-electron chi connectivity index (χ3n) is 5.31. The summed E-state index contributed by atoms with van der Waals surface area (Å²) >= 11 is 1.53. The predicted molar refractivity (Wildman–Crippen MR) is 137 cm³/mol. The molecule has 4 rings (SSSR count). The summed E-state index contributed by atoms with van der Waals surface area (Å²) in [6.07, 6.45) is 1.36. The highest BCUT2D eigenvalue weighted by Gasteiger charge is 2.25. The Balaban J connectivity index is 1.76. The van der Waals surface area contributed by atoms with Gasteiger partial charge in [0.25, 0.3) is 11.6 Å². The number of aromatic nitrogens is 2.